The molecule has 5 nitrogen and oxygen atoms in total. The highest BCUT2D eigenvalue weighted by atomic mass is 32.1. The van der Waals surface area contributed by atoms with Crippen LogP contribution in [-0.2, 0) is 0 Å². The molecule has 84 valence electrons. The Balaban J connectivity index is 2.27. The van der Waals surface area contributed by atoms with Gasteiger partial charge in [0, 0.05) is 24.4 Å². The Bertz CT molecular complexity index is 471. The fourth-order valence-corrected chi connectivity index (χ4v) is 2.02. The molecule has 0 unspecified atom stereocenters. The van der Waals surface area contributed by atoms with Crippen molar-refractivity contribution in [2.75, 3.05) is 19.0 Å². The van der Waals surface area contributed by atoms with Crippen molar-refractivity contribution in [3.8, 4) is 16.5 Å². The van der Waals surface area contributed by atoms with E-state index >= 15 is 0 Å². The second kappa shape index (κ2) is 4.89. The highest BCUT2D eigenvalue weighted by Gasteiger charge is 2.06. The van der Waals surface area contributed by atoms with Gasteiger partial charge in [-0.2, -0.15) is 0 Å². The number of methoxy groups -OCH3 is 1. The Morgan fingerprint density at radius 2 is 2.31 bits per heavy atom. The van der Waals surface area contributed by atoms with Crippen LogP contribution in [0.3, 0.4) is 0 Å². The van der Waals surface area contributed by atoms with Crippen LogP contribution >= 0.6 is 11.3 Å². The molecule has 2 rings (SSSR count). The summed E-state index contributed by atoms with van der Waals surface area (Å²) in [5, 5.41) is 12.9. The van der Waals surface area contributed by atoms with E-state index in [-0.39, 0.29) is 0 Å². The lowest BCUT2D eigenvalue weighted by molar-refractivity contribution is 0.398. The van der Waals surface area contributed by atoms with Gasteiger partial charge in [0.25, 0.3) is 0 Å². The van der Waals surface area contributed by atoms with Crippen molar-refractivity contribution in [1.29, 1.82) is 0 Å². The van der Waals surface area contributed by atoms with E-state index in [1.807, 2.05) is 19.1 Å². The van der Waals surface area contributed by atoms with Gasteiger partial charge in [-0.25, -0.2) is 4.98 Å². The van der Waals surface area contributed by atoms with E-state index in [2.05, 4.69) is 20.5 Å². The van der Waals surface area contributed by atoms with E-state index in [0.29, 0.717) is 5.88 Å². The van der Waals surface area contributed by atoms with Crippen molar-refractivity contribution >= 4 is 16.5 Å². The number of hydrogen-bond donors (Lipinski definition) is 1. The number of aromatic nitrogens is 3. The van der Waals surface area contributed by atoms with Gasteiger partial charge in [0.1, 0.15) is 5.01 Å². The van der Waals surface area contributed by atoms with Gasteiger partial charge < -0.3 is 10.1 Å². The summed E-state index contributed by atoms with van der Waals surface area (Å²) in [4.78, 5) is 4.05. The van der Waals surface area contributed by atoms with Crippen LogP contribution in [0.2, 0.25) is 0 Å². The molecule has 0 aromatic carbocycles. The van der Waals surface area contributed by atoms with Gasteiger partial charge in [-0.1, -0.05) is 11.3 Å². The quantitative estimate of drug-likeness (QED) is 0.880. The Morgan fingerprint density at radius 3 is 3.06 bits per heavy atom. The van der Waals surface area contributed by atoms with Crippen LogP contribution in [0.15, 0.2) is 18.3 Å². The van der Waals surface area contributed by atoms with Crippen molar-refractivity contribution in [1.82, 2.24) is 15.2 Å². The minimum absolute atomic E-state index is 0.581. The van der Waals surface area contributed by atoms with Crippen LogP contribution in [0, 0.1) is 0 Å². The summed E-state index contributed by atoms with van der Waals surface area (Å²) < 4.78 is 5.06. The van der Waals surface area contributed by atoms with E-state index in [1.165, 1.54) is 11.3 Å². The lowest BCUT2D eigenvalue weighted by Crippen LogP contribution is -1.94. The van der Waals surface area contributed by atoms with Crippen molar-refractivity contribution in [2.45, 2.75) is 6.92 Å². The molecule has 0 atom stereocenters. The molecule has 2 aromatic rings. The lowest BCUT2D eigenvalue weighted by Gasteiger charge is -1.99. The standard InChI is InChI=1S/C10H12N4OS/c1-3-11-10-14-13-9(16-10)7-4-5-12-8(6-7)15-2/h4-6H,3H2,1-2H3,(H,11,14). The molecule has 0 fully saturated rings. The van der Waals surface area contributed by atoms with Crippen LogP contribution in [0.5, 0.6) is 5.88 Å². The first-order chi connectivity index (χ1) is 7.83. The summed E-state index contributed by atoms with van der Waals surface area (Å²) in [6.45, 7) is 2.87. The molecule has 16 heavy (non-hydrogen) atoms. The van der Waals surface area contributed by atoms with Gasteiger partial charge in [-0.15, -0.1) is 10.2 Å². The molecule has 0 bridgehead atoms. The van der Waals surface area contributed by atoms with Gasteiger partial charge >= 0.3 is 0 Å². The van der Waals surface area contributed by atoms with Crippen LogP contribution < -0.4 is 10.1 Å². The zero-order valence-corrected chi connectivity index (χ0v) is 9.91. The number of ether oxygens (including phenoxy) is 1. The number of anilines is 1. The molecule has 0 saturated carbocycles. The van der Waals surface area contributed by atoms with Crippen LogP contribution in [0.25, 0.3) is 10.6 Å². The first kappa shape index (κ1) is 10.8. The predicted molar refractivity (Wildman–Crippen MR) is 63.9 cm³/mol. The summed E-state index contributed by atoms with van der Waals surface area (Å²) >= 11 is 1.51. The Hall–Kier alpha value is -1.69. The van der Waals surface area contributed by atoms with Crippen LogP contribution in [0.4, 0.5) is 5.13 Å². The summed E-state index contributed by atoms with van der Waals surface area (Å²) in [5.74, 6) is 0.581. The maximum absolute atomic E-state index is 5.06. The zero-order valence-electron chi connectivity index (χ0n) is 9.10. The molecule has 0 amide bonds. The predicted octanol–water partition coefficient (Wildman–Crippen LogP) is 2.04. The Labute approximate surface area is 97.5 Å². The van der Waals surface area contributed by atoms with Gasteiger partial charge in [-0.3, -0.25) is 0 Å². The SMILES string of the molecule is CCNc1nnc(-c2ccnc(OC)c2)s1. The topological polar surface area (TPSA) is 59.9 Å². The van der Waals surface area contributed by atoms with E-state index in [0.717, 1.165) is 22.2 Å². The molecular formula is C10H12N4OS. The molecular weight excluding hydrogens is 224 g/mol. The Morgan fingerprint density at radius 1 is 1.44 bits per heavy atom. The second-order valence-corrected chi connectivity index (χ2v) is 4.01. The summed E-state index contributed by atoms with van der Waals surface area (Å²) in [6.07, 6.45) is 1.70. The molecule has 2 aromatic heterocycles. The molecule has 0 aliphatic rings. The average Bonchev–Trinajstić information content (AvgIpc) is 2.78. The third-order valence-corrected chi connectivity index (χ3v) is 2.87. The summed E-state index contributed by atoms with van der Waals surface area (Å²) in [7, 11) is 1.59. The van der Waals surface area contributed by atoms with E-state index in [4.69, 9.17) is 4.74 Å². The maximum Gasteiger partial charge on any atom is 0.213 e. The first-order valence-corrected chi connectivity index (χ1v) is 5.73. The zero-order chi connectivity index (χ0) is 11.4. The molecule has 0 saturated heterocycles. The molecule has 0 radical (unpaired) electrons. The van der Waals surface area contributed by atoms with Gasteiger partial charge in [-0.05, 0) is 13.0 Å². The minimum Gasteiger partial charge on any atom is -0.481 e. The highest BCUT2D eigenvalue weighted by Crippen LogP contribution is 2.27. The normalized spacial score (nSPS) is 10.1. The average molecular weight is 236 g/mol. The molecule has 0 aliphatic heterocycles. The number of rotatable bonds is 4. The lowest BCUT2D eigenvalue weighted by atomic mass is 10.3. The number of hydrogen-bond acceptors (Lipinski definition) is 6. The second-order valence-electron chi connectivity index (χ2n) is 3.03. The molecule has 1 N–H and O–H groups in total. The highest BCUT2D eigenvalue weighted by molar-refractivity contribution is 7.18. The number of nitrogens with zero attached hydrogens (tertiary/aromatic N) is 3. The monoisotopic (exact) mass is 236 g/mol. The largest absolute Gasteiger partial charge is 0.481 e. The fraction of sp³-hybridized carbons (Fsp3) is 0.300. The first-order valence-electron chi connectivity index (χ1n) is 4.91. The van der Waals surface area contributed by atoms with Crippen molar-refractivity contribution in [3.05, 3.63) is 18.3 Å². The van der Waals surface area contributed by atoms with Gasteiger partial charge in [0.05, 0.1) is 7.11 Å². The van der Waals surface area contributed by atoms with Crippen molar-refractivity contribution < 1.29 is 4.74 Å². The molecule has 0 spiro atoms. The summed E-state index contributed by atoms with van der Waals surface area (Å²) in [5.41, 5.74) is 0.966. The number of nitrogens with one attached hydrogen (secondary N) is 1. The third-order valence-electron chi connectivity index (χ3n) is 1.94. The molecule has 2 heterocycles. The summed E-state index contributed by atoms with van der Waals surface area (Å²) in [6, 6.07) is 3.73. The number of pyridine rings is 1. The van der Waals surface area contributed by atoms with Crippen LogP contribution in [0.1, 0.15) is 6.92 Å². The van der Waals surface area contributed by atoms with E-state index in [1.54, 1.807) is 13.3 Å². The van der Waals surface area contributed by atoms with E-state index < -0.39 is 0 Å². The Kier molecular flexibility index (Phi) is 3.31. The van der Waals surface area contributed by atoms with Crippen molar-refractivity contribution in [3.63, 3.8) is 0 Å². The van der Waals surface area contributed by atoms with Crippen molar-refractivity contribution in [2.24, 2.45) is 0 Å². The van der Waals surface area contributed by atoms with E-state index in [9.17, 15) is 0 Å². The molecule has 6 heteroatoms. The fourth-order valence-electron chi connectivity index (χ4n) is 1.22. The molecule has 0 aliphatic carbocycles. The van der Waals surface area contributed by atoms with Gasteiger partial charge in [0.2, 0.25) is 11.0 Å². The third kappa shape index (κ3) is 2.27. The maximum atomic E-state index is 5.06. The van der Waals surface area contributed by atoms with Gasteiger partial charge in [0.15, 0.2) is 0 Å². The minimum atomic E-state index is 0.581. The smallest absolute Gasteiger partial charge is 0.213 e. The van der Waals surface area contributed by atoms with Crippen LogP contribution in [-0.4, -0.2) is 28.8 Å².